The third-order valence-electron chi connectivity index (χ3n) is 7.19. The minimum absolute atomic E-state index is 0.231. The molecule has 3 aromatic heterocycles. The zero-order chi connectivity index (χ0) is 27.6. The van der Waals surface area contributed by atoms with Gasteiger partial charge in [0.15, 0.2) is 5.82 Å². The monoisotopic (exact) mass is 546 g/mol. The SMILES string of the molecule is CCC(C)(C)n1nnnc1[C@@H](c1cc2cc(OC)ccc2[nH]c1=O)N(Cc1ccco1)Cc1ccccc1Cl. The summed E-state index contributed by atoms with van der Waals surface area (Å²) in [4.78, 5) is 18.9. The zero-order valence-corrected chi connectivity index (χ0v) is 23.1. The van der Waals surface area contributed by atoms with Crippen molar-refractivity contribution < 1.29 is 9.15 Å². The van der Waals surface area contributed by atoms with Crippen molar-refractivity contribution in [3.8, 4) is 5.75 Å². The molecule has 0 bridgehead atoms. The Balaban J connectivity index is 1.75. The number of aromatic nitrogens is 5. The molecule has 0 spiro atoms. The van der Waals surface area contributed by atoms with Gasteiger partial charge in [-0.1, -0.05) is 36.7 Å². The van der Waals surface area contributed by atoms with Gasteiger partial charge >= 0.3 is 0 Å². The Hall–Kier alpha value is -3.95. The molecule has 0 amide bonds. The maximum absolute atomic E-state index is 13.7. The van der Waals surface area contributed by atoms with E-state index in [2.05, 4.69) is 46.2 Å². The fourth-order valence-corrected chi connectivity index (χ4v) is 4.86. The average molecular weight is 547 g/mol. The Labute approximate surface area is 231 Å². The summed E-state index contributed by atoms with van der Waals surface area (Å²) in [5, 5.41) is 14.4. The first kappa shape index (κ1) is 26.6. The lowest BCUT2D eigenvalue weighted by Gasteiger charge is -2.33. The average Bonchev–Trinajstić information content (AvgIpc) is 3.63. The molecule has 0 radical (unpaired) electrons. The van der Waals surface area contributed by atoms with Crippen LogP contribution in [0.4, 0.5) is 0 Å². The number of nitrogens with zero attached hydrogens (tertiary/aromatic N) is 5. The summed E-state index contributed by atoms with van der Waals surface area (Å²) in [6.07, 6.45) is 2.42. The summed E-state index contributed by atoms with van der Waals surface area (Å²) in [6.45, 7) is 7.03. The van der Waals surface area contributed by atoms with E-state index in [1.807, 2.05) is 65.3 Å². The van der Waals surface area contributed by atoms with Crippen molar-refractivity contribution in [1.82, 2.24) is 30.1 Å². The fourth-order valence-electron chi connectivity index (χ4n) is 4.66. The molecular formula is C29H31ClN6O3. The van der Waals surface area contributed by atoms with Crippen molar-refractivity contribution in [3.63, 3.8) is 0 Å². The molecule has 0 unspecified atom stereocenters. The van der Waals surface area contributed by atoms with E-state index in [0.29, 0.717) is 40.8 Å². The van der Waals surface area contributed by atoms with Crippen LogP contribution in [0, 0.1) is 0 Å². The summed E-state index contributed by atoms with van der Waals surface area (Å²) in [7, 11) is 1.62. The number of pyridine rings is 1. The van der Waals surface area contributed by atoms with E-state index in [1.165, 1.54) is 0 Å². The van der Waals surface area contributed by atoms with Gasteiger partial charge in [0, 0.05) is 28.0 Å². The van der Waals surface area contributed by atoms with Crippen molar-refractivity contribution >= 4 is 22.5 Å². The Morgan fingerprint density at radius 2 is 1.95 bits per heavy atom. The summed E-state index contributed by atoms with van der Waals surface area (Å²) in [6, 6.07) is 18.2. The maximum Gasteiger partial charge on any atom is 0.253 e. The van der Waals surface area contributed by atoms with Crippen LogP contribution < -0.4 is 10.3 Å². The Morgan fingerprint density at radius 3 is 2.67 bits per heavy atom. The van der Waals surface area contributed by atoms with Gasteiger partial charge < -0.3 is 14.1 Å². The van der Waals surface area contributed by atoms with E-state index in [1.54, 1.807) is 13.4 Å². The molecule has 3 heterocycles. The van der Waals surface area contributed by atoms with Crippen LogP contribution >= 0.6 is 11.6 Å². The van der Waals surface area contributed by atoms with Crippen LogP contribution in [0.15, 0.2) is 76.1 Å². The first-order chi connectivity index (χ1) is 18.8. The second-order valence-electron chi connectivity index (χ2n) is 10.1. The highest BCUT2D eigenvalue weighted by molar-refractivity contribution is 6.31. The van der Waals surface area contributed by atoms with Crippen LogP contribution in [-0.2, 0) is 18.6 Å². The molecule has 202 valence electrons. The molecule has 0 fully saturated rings. The molecule has 5 aromatic rings. The van der Waals surface area contributed by atoms with Gasteiger partial charge in [-0.3, -0.25) is 9.69 Å². The maximum atomic E-state index is 13.7. The van der Waals surface area contributed by atoms with Gasteiger partial charge in [0.1, 0.15) is 17.6 Å². The number of furan rings is 1. The van der Waals surface area contributed by atoms with Crippen LogP contribution in [0.25, 0.3) is 10.9 Å². The van der Waals surface area contributed by atoms with E-state index in [-0.39, 0.29) is 5.56 Å². The van der Waals surface area contributed by atoms with E-state index < -0.39 is 11.6 Å². The van der Waals surface area contributed by atoms with Crippen LogP contribution in [0.5, 0.6) is 5.75 Å². The number of fused-ring (bicyclic) bond motifs is 1. The molecule has 0 saturated heterocycles. The topological polar surface area (TPSA) is 102 Å². The highest BCUT2D eigenvalue weighted by Crippen LogP contribution is 2.34. The lowest BCUT2D eigenvalue weighted by molar-refractivity contribution is 0.168. The molecule has 39 heavy (non-hydrogen) atoms. The predicted octanol–water partition coefficient (Wildman–Crippen LogP) is 5.71. The molecule has 5 rings (SSSR count). The molecule has 2 aromatic carbocycles. The molecular weight excluding hydrogens is 516 g/mol. The van der Waals surface area contributed by atoms with Crippen molar-refractivity contribution in [3.05, 3.63) is 105 Å². The van der Waals surface area contributed by atoms with Crippen molar-refractivity contribution in [1.29, 1.82) is 0 Å². The molecule has 9 nitrogen and oxygen atoms in total. The summed E-state index contributed by atoms with van der Waals surface area (Å²) >= 11 is 6.62. The molecule has 1 atom stereocenters. The number of tetrazole rings is 1. The van der Waals surface area contributed by atoms with Gasteiger partial charge in [-0.15, -0.1) is 5.10 Å². The number of halogens is 1. The van der Waals surface area contributed by atoms with Crippen molar-refractivity contribution in [2.45, 2.75) is 51.9 Å². The number of benzene rings is 2. The van der Waals surface area contributed by atoms with Crippen LogP contribution in [0.3, 0.4) is 0 Å². The molecule has 0 aliphatic rings. The normalized spacial score (nSPS) is 12.8. The number of ether oxygens (including phenoxy) is 1. The Morgan fingerprint density at radius 1 is 1.13 bits per heavy atom. The number of aromatic amines is 1. The van der Waals surface area contributed by atoms with Crippen LogP contribution in [0.1, 0.15) is 55.9 Å². The van der Waals surface area contributed by atoms with E-state index in [4.69, 9.17) is 20.8 Å². The second-order valence-corrected chi connectivity index (χ2v) is 10.5. The van der Waals surface area contributed by atoms with Crippen LogP contribution in [-0.4, -0.2) is 37.2 Å². The Kier molecular flexibility index (Phi) is 7.54. The molecule has 0 aliphatic heterocycles. The van der Waals surface area contributed by atoms with Gasteiger partial charge in [0.2, 0.25) is 0 Å². The molecule has 1 N–H and O–H groups in total. The van der Waals surface area contributed by atoms with Gasteiger partial charge in [-0.25, -0.2) is 4.68 Å². The number of nitrogens with one attached hydrogen (secondary N) is 1. The number of rotatable bonds is 10. The zero-order valence-electron chi connectivity index (χ0n) is 22.4. The summed E-state index contributed by atoms with van der Waals surface area (Å²) < 4.78 is 13.0. The summed E-state index contributed by atoms with van der Waals surface area (Å²) in [5.74, 6) is 1.98. The lowest BCUT2D eigenvalue weighted by Crippen LogP contribution is -2.38. The van der Waals surface area contributed by atoms with E-state index in [9.17, 15) is 4.79 Å². The van der Waals surface area contributed by atoms with Crippen molar-refractivity contribution in [2.75, 3.05) is 7.11 Å². The highest BCUT2D eigenvalue weighted by atomic mass is 35.5. The molecule has 0 aliphatic carbocycles. The first-order valence-corrected chi connectivity index (χ1v) is 13.2. The Bertz CT molecular complexity index is 1630. The predicted molar refractivity (Wildman–Crippen MR) is 150 cm³/mol. The highest BCUT2D eigenvalue weighted by Gasteiger charge is 2.35. The largest absolute Gasteiger partial charge is 0.497 e. The summed E-state index contributed by atoms with van der Waals surface area (Å²) in [5.41, 5.74) is 1.48. The smallest absolute Gasteiger partial charge is 0.253 e. The number of hydrogen-bond acceptors (Lipinski definition) is 7. The number of H-pyrrole nitrogens is 1. The standard InChI is InChI=1S/C29H31ClN6O3/c1-5-29(2,3)36-27(32-33-34-36)26(23-16-20-15-21(38-4)12-13-25(20)31-28(23)37)35(18-22-10-8-14-39-22)17-19-9-6-7-11-24(19)30/h6-16,26H,5,17-18H2,1-4H3,(H,31,37)/t26-/m1/s1. The number of hydrogen-bond donors (Lipinski definition) is 1. The second kappa shape index (κ2) is 11.0. The number of methoxy groups -OCH3 is 1. The van der Waals surface area contributed by atoms with Gasteiger partial charge in [-0.2, -0.15) is 0 Å². The molecule has 10 heteroatoms. The van der Waals surface area contributed by atoms with Gasteiger partial charge in [0.25, 0.3) is 5.56 Å². The molecule has 0 saturated carbocycles. The van der Waals surface area contributed by atoms with Gasteiger partial charge in [0.05, 0.1) is 25.5 Å². The van der Waals surface area contributed by atoms with E-state index >= 15 is 0 Å². The van der Waals surface area contributed by atoms with Gasteiger partial charge in [-0.05, 0) is 78.7 Å². The van der Waals surface area contributed by atoms with E-state index in [0.717, 1.165) is 23.1 Å². The fraction of sp³-hybridized carbons (Fsp3) is 0.310. The lowest BCUT2D eigenvalue weighted by atomic mass is 9.98. The van der Waals surface area contributed by atoms with Crippen LogP contribution in [0.2, 0.25) is 5.02 Å². The first-order valence-electron chi connectivity index (χ1n) is 12.8. The minimum atomic E-state index is -0.633. The quantitative estimate of drug-likeness (QED) is 0.239. The third-order valence-corrected chi connectivity index (χ3v) is 7.56. The minimum Gasteiger partial charge on any atom is -0.497 e. The third kappa shape index (κ3) is 5.46. The van der Waals surface area contributed by atoms with Crippen molar-refractivity contribution in [2.24, 2.45) is 0 Å².